The van der Waals surface area contributed by atoms with E-state index >= 15 is 0 Å². The smallest absolute Gasteiger partial charge is 0.265 e. The molecule has 3 rings (SSSR count). The topological polar surface area (TPSA) is 34.9 Å². The lowest BCUT2D eigenvalue weighted by atomic mass is 10.0. The van der Waals surface area contributed by atoms with Gasteiger partial charge in [-0.3, -0.25) is 4.79 Å². The summed E-state index contributed by atoms with van der Waals surface area (Å²) in [6, 6.07) is 12.1. The Morgan fingerprint density at radius 1 is 1.10 bits per heavy atom. The third-order valence-corrected chi connectivity index (χ3v) is 4.85. The first-order valence-corrected chi connectivity index (χ1v) is 7.52. The molecular formula is C17H15BrN2O. The number of pyridine rings is 2. The van der Waals surface area contributed by atoms with Gasteiger partial charge in [-0.25, -0.2) is 4.98 Å². The average Bonchev–Trinajstić information content (AvgIpc) is 2.51. The fraction of sp³-hybridized carbons (Fsp3) is 0.176. The van der Waals surface area contributed by atoms with Crippen LogP contribution in [0.4, 0.5) is 0 Å². The van der Waals surface area contributed by atoms with Gasteiger partial charge in [-0.2, -0.15) is 0 Å². The first-order valence-electron chi connectivity index (χ1n) is 6.72. The van der Waals surface area contributed by atoms with Crippen molar-refractivity contribution in [2.24, 2.45) is 7.05 Å². The van der Waals surface area contributed by atoms with Crippen LogP contribution in [-0.2, 0) is 7.05 Å². The Hall–Kier alpha value is -1.94. The van der Waals surface area contributed by atoms with Gasteiger partial charge in [-0.15, -0.1) is 0 Å². The number of fused-ring (bicyclic) bond motifs is 1. The number of nitrogens with zero attached hydrogens (tertiary/aromatic N) is 2. The van der Waals surface area contributed by atoms with Crippen LogP contribution in [-0.4, -0.2) is 9.55 Å². The second-order valence-corrected chi connectivity index (χ2v) is 5.95. The lowest BCUT2D eigenvalue weighted by molar-refractivity contribution is 0.810. The third kappa shape index (κ3) is 2.20. The van der Waals surface area contributed by atoms with E-state index in [1.807, 2.05) is 44.2 Å². The molecule has 1 aromatic carbocycles. The molecule has 3 aromatic rings. The molecule has 0 aliphatic heterocycles. The molecule has 4 heteroatoms. The van der Waals surface area contributed by atoms with E-state index in [0.29, 0.717) is 4.47 Å². The van der Waals surface area contributed by atoms with Crippen molar-refractivity contribution in [1.82, 2.24) is 9.55 Å². The van der Waals surface area contributed by atoms with E-state index < -0.39 is 0 Å². The van der Waals surface area contributed by atoms with Crippen LogP contribution in [0.1, 0.15) is 11.3 Å². The molecule has 2 heterocycles. The molecule has 0 spiro atoms. The van der Waals surface area contributed by atoms with Crippen molar-refractivity contribution in [1.29, 1.82) is 0 Å². The van der Waals surface area contributed by atoms with Gasteiger partial charge in [-0.05, 0) is 47.5 Å². The molecule has 0 saturated carbocycles. The minimum absolute atomic E-state index is 0.0189. The van der Waals surface area contributed by atoms with Crippen LogP contribution in [0.25, 0.3) is 22.2 Å². The fourth-order valence-corrected chi connectivity index (χ4v) is 3.06. The molecule has 0 N–H and O–H groups in total. The van der Waals surface area contributed by atoms with Crippen LogP contribution in [0.5, 0.6) is 0 Å². The van der Waals surface area contributed by atoms with Gasteiger partial charge in [0.1, 0.15) is 0 Å². The SMILES string of the molecule is Cc1c(-c2ccc3ccccc3n2)c(C)n(C)c(=O)c1Br. The summed E-state index contributed by atoms with van der Waals surface area (Å²) in [6.45, 7) is 3.90. The zero-order chi connectivity index (χ0) is 15.1. The highest BCUT2D eigenvalue weighted by Gasteiger charge is 2.15. The summed E-state index contributed by atoms with van der Waals surface area (Å²) >= 11 is 3.40. The maximum Gasteiger partial charge on any atom is 0.265 e. The largest absolute Gasteiger partial charge is 0.314 e. The van der Waals surface area contributed by atoms with Crippen molar-refractivity contribution in [2.75, 3.05) is 0 Å². The molecule has 21 heavy (non-hydrogen) atoms. The van der Waals surface area contributed by atoms with Crippen LogP contribution in [0, 0.1) is 13.8 Å². The van der Waals surface area contributed by atoms with Crippen LogP contribution < -0.4 is 5.56 Å². The Balaban J connectivity index is 2.35. The highest BCUT2D eigenvalue weighted by atomic mass is 79.9. The van der Waals surface area contributed by atoms with Crippen LogP contribution >= 0.6 is 15.9 Å². The fourth-order valence-electron chi connectivity index (χ4n) is 2.59. The van der Waals surface area contributed by atoms with Crippen molar-refractivity contribution in [2.45, 2.75) is 13.8 Å². The number of para-hydroxylation sites is 1. The summed E-state index contributed by atoms with van der Waals surface area (Å²) < 4.78 is 2.25. The quantitative estimate of drug-likeness (QED) is 0.670. The third-order valence-electron chi connectivity index (χ3n) is 3.92. The van der Waals surface area contributed by atoms with E-state index in [-0.39, 0.29) is 5.56 Å². The first-order chi connectivity index (χ1) is 10.0. The average molecular weight is 343 g/mol. The van der Waals surface area contributed by atoms with Gasteiger partial charge in [0.15, 0.2) is 0 Å². The molecule has 3 nitrogen and oxygen atoms in total. The summed E-state index contributed by atoms with van der Waals surface area (Å²) in [5, 5.41) is 1.11. The number of halogens is 1. The molecule has 0 saturated heterocycles. The van der Waals surface area contributed by atoms with Gasteiger partial charge < -0.3 is 4.57 Å². The van der Waals surface area contributed by atoms with E-state index in [2.05, 4.69) is 22.0 Å². The Bertz CT molecular complexity index is 880. The Kier molecular flexibility index (Phi) is 3.41. The number of aromatic nitrogens is 2. The number of benzene rings is 1. The van der Waals surface area contributed by atoms with E-state index in [0.717, 1.165) is 33.4 Å². The summed E-state index contributed by atoms with van der Waals surface area (Å²) in [7, 11) is 1.78. The summed E-state index contributed by atoms with van der Waals surface area (Å²) in [5.41, 5.74) is 4.69. The standard InChI is InChI=1S/C17H15BrN2O/c1-10-15(11(2)20(3)17(21)16(10)18)14-9-8-12-6-4-5-7-13(12)19-14/h4-9H,1-3H3. The van der Waals surface area contributed by atoms with Gasteiger partial charge in [0, 0.05) is 23.7 Å². The van der Waals surface area contributed by atoms with E-state index in [4.69, 9.17) is 4.98 Å². The molecule has 0 amide bonds. The van der Waals surface area contributed by atoms with Crippen molar-refractivity contribution in [3.63, 3.8) is 0 Å². The molecule has 0 unspecified atom stereocenters. The molecule has 2 aromatic heterocycles. The Morgan fingerprint density at radius 3 is 2.57 bits per heavy atom. The van der Waals surface area contributed by atoms with Gasteiger partial charge in [0.05, 0.1) is 15.7 Å². The number of hydrogen-bond donors (Lipinski definition) is 0. The van der Waals surface area contributed by atoms with Crippen molar-refractivity contribution >= 4 is 26.8 Å². The second kappa shape index (κ2) is 5.11. The van der Waals surface area contributed by atoms with Gasteiger partial charge in [0.25, 0.3) is 5.56 Å². The minimum atomic E-state index is -0.0189. The molecule has 0 radical (unpaired) electrons. The lowest BCUT2D eigenvalue weighted by Crippen LogP contribution is -2.22. The van der Waals surface area contributed by atoms with Gasteiger partial charge >= 0.3 is 0 Å². The monoisotopic (exact) mass is 342 g/mol. The van der Waals surface area contributed by atoms with Crippen molar-refractivity contribution in [3.05, 3.63) is 62.5 Å². The van der Waals surface area contributed by atoms with Crippen LogP contribution in [0.2, 0.25) is 0 Å². The van der Waals surface area contributed by atoms with Crippen LogP contribution in [0.3, 0.4) is 0 Å². The zero-order valence-corrected chi connectivity index (χ0v) is 13.7. The highest BCUT2D eigenvalue weighted by molar-refractivity contribution is 9.10. The van der Waals surface area contributed by atoms with Crippen molar-refractivity contribution in [3.8, 4) is 11.3 Å². The summed E-state index contributed by atoms with van der Waals surface area (Å²) in [4.78, 5) is 16.8. The molecule has 0 atom stereocenters. The van der Waals surface area contributed by atoms with E-state index in [1.165, 1.54) is 0 Å². The number of rotatable bonds is 1. The molecule has 0 aliphatic carbocycles. The maximum atomic E-state index is 12.1. The Morgan fingerprint density at radius 2 is 1.81 bits per heavy atom. The molecule has 0 aliphatic rings. The van der Waals surface area contributed by atoms with E-state index in [1.54, 1.807) is 11.6 Å². The first kappa shape index (κ1) is 14.0. The second-order valence-electron chi connectivity index (χ2n) is 5.15. The Labute approximate surface area is 131 Å². The number of hydrogen-bond acceptors (Lipinski definition) is 2. The molecule has 106 valence electrons. The predicted molar refractivity (Wildman–Crippen MR) is 89.6 cm³/mol. The van der Waals surface area contributed by atoms with Gasteiger partial charge in [-0.1, -0.05) is 24.3 Å². The molecule has 0 bridgehead atoms. The zero-order valence-electron chi connectivity index (χ0n) is 12.1. The summed E-state index contributed by atoms with van der Waals surface area (Å²) in [5.74, 6) is 0. The highest BCUT2D eigenvalue weighted by Crippen LogP contribution is 2.29. The van der Waals surface area contributed by atoms with Crippen molar-refractivity contribution < 1.29 is 0 Å². The van der Waals surface area contributed by atoms with E-state index in [9.17, 15) is 4.79 Å². The molecule has 0 fully saturated rings. The lowest BCUT2D eigenvalue weighted by Gasteiger charge is -2.15. The maximum absolute atomic E-state index is 12.1. The van der Waals surface area contributed by atoms with Gasteiger partial charge in [0.2, 0.25) is 0 Å². The molecular weight excluding hydrogens is 328 g/mol. The normalized spacial score (nSPS) is 11.0. The van der Waals surface area contributed by atoms with Crippen LogP contribution in [0.15, 0.2) is 45.7 Å². The minimum Gasteiger partial charge on any atom is -0.314 e. The summed E-state index contributed by atoms with van der Waals surface area (Å²) in [6.07, 6.45) is 0. The predicted octanol–water partition coefficient (Wildman–Crippen LogP) is 3.98.